The number of carboxylic acids is 1. The van der Waals surface area contributed by atoms with Gasteiger partial charge in [-0.25, -0.2) is 17.5 Å². The van der Waals surface area contributed by atoms with E-state index in [1.165, 1.54) is 6.07 Å². The van der Waals surface area contributed by atoms with Crippen LogP contribution in [0.15, 0.2) is 22.7 Å². The summed E-state index contributed by atoms with van der Waals surface area (Å²) in [5.74, 6) is -1.48. The largest absolute Gasteiger partial charge is 0.481 e. The lowest BCUT2D eigenvalue weighted by Crippen LogP contribution is -2.36. The molecule has 1 aromatic rings. The van der Waals surface area contributed by atoms with Crippen LogP contribution in [0.3, 0.4) is 0 Å². The number of aliphatic carboxylic acids is 1. The Kier molecular flexibility index (Phi) is 4.93. The highest BCUT2D eigenvalue weighted by Gasteiger charge is 2.46. The van der Waals surface area contributed by atoms with Crippen LogP contribution < -0.4 is 4.72 Å². The highest BCUT2D eigenvalue weighted by atomic mass is 79.9. The van der Waals surface area contributed by atoms with Crippen molar-refractivity contribution in [2.24, 2.45) is 5.41 Å². The van der Waals surface area contributed by atoms with Crippen LogP contribution in [0.2, 0.25) is 0 Å². The number of hydrogen-bond donors (Lipinski definition) is 2. The molecule has 2 N–H and O–H groups in total. The summed E-state index contributed by atoms with van der Waals surface area (Å²) in [6.07, 6.45) is 1.97. The third kappa shape index (κ3) is 4.05. The first kappa shape index (κ1) is 17.4. The van der Waals surface area contributed by atoms with E-state index in [1.54, 1.807) is 12.1 Å². The van der Waals surface area contributed by atoms with E-state index in [1.807, 2.05) is 0 Å². The average molecular weight is 394 g/mol. The van der Waals surface area contributed by atoms with E-state index in [4.69, 9.17) is 0 Å². The maximum atomic E-state index is 13.9. The number of rotatable bonds is 5. The van der Waals surface area contributed by atoms with Crippen molar-refractivity contribution >= 4 is 31.9 Å². The molecule has 1 aliphatic carbocycles. The van der Waals surface area contributed by atoms with Gasteiger partial charge in [0.05, 0.1) is 11.7 Å². The number of halogens is 2. The number of sulfonamides is 1. The van der Waals surface area contributed by atoms with Gasteiger partial charge in [-0.05, 0) is 49.4 Å². The molecule has 0 heterocycles. The molecule has 0 unspecified atom stereocenters. The number of nitrogens with one attached hydrogen (secondary N) is 1. The van der Waals surface area contributed by atoms with E-state index in [0.717, 1.165) is 6.26 Å². The Labute approximate surface area is 137 Å². The molecule has 2 atom stereocenters. The van der Waals surface area contributed by atoms with Gasteiger partial charge in [0, 0.05) is 10.5 Å². The van der Waals surface area contributed by atoms with E-state index in [0.29, 0.717) is 22.9 Å². The van der Waals surface area contributed by atoms with E-state index < -0.39 is 33.3 Å². The normalized spacial score (nSPS) is 25.3. The molecule has 22 heavy (non-hydrogen) atoms. The molecule has 5 nitrogen and oxygen atoms in total. The monoisotopic (exact) mass is 393 g/mol. The van der Waals surface area contributed by atoms with E-state index >= 15 is 0 Å². The van der Waals surface area contributed by atoms with Crippen molar-refractivity contribution in [3.63, 3.8) is 0 Å². The third-order valence-corrected chi connectivity index (χ3v) is 5.23. The fraction of sp³-hybridized carbons (Fsp3) is 0.500. The second kappa shape index (κ2) is 6.25. The quantitative estimate of drug-likeness (QED) is 0.803. The Bertz CT molecular complexity index is 694. The van der Waals surface area contributed by atoms with Gasteiger partial charge in [0.2, 0.25) is 10.0 Å². The molecule has 0 aromatic heterocycles. The third-order valence-electron chi connectivity index (χ3n) is 3.98. The summed E-state index contributed by atoms with van der Waals surface area (Å²) in [5, 5.41) is 9.59. The van der Waals surface area contributed by atoms with Crippen LogP contribution in [0, 0.1) is 11.2 Å². The van der Waals surface area contributed by atoms with E-state index in [-0.39, 0.29) is 12.8 Å². The van der Waals surface area contributed by atoms with Gasteiger partial charge in [0.25, 0.3) is 0 Å². The molecule has 0 saturated heterocycles. The fourth-order valence-electron chi connectivity index (χ4n) is 3.00. The Morgan fingerprint density at radius 3 is 2.82 bits per heavy atom. The minimum atomic E-state index is -3.40. The van der Waals surface area contributed by atoms with Gasteiger partial charge in [-0.3, -0.25) is 4.79 Å². The lowest BCUT2D eigenvalue weighted by atomic mass is 9.80. The number of carboxylic acid groups (broad SMARTS) is 1. The molecular weight excluding hydrogens is 377 g/mol. The van der Waals surface area contributed by atoms with Gasteiger partial charge in [0.1, 0.15) is 5.82 Å². The minimum absolute atomic E-state index is 0.0373. The molecule has 0 amide bonds. The van der Waals surface area contributed by atoms with Crippen molar-refractivity contribution in [2.75, 3.05) is 6.26 Å². The molecule has 122 valence electrons. The Morgan fingerprint density at radius 1 is 1.55 bits per heavy atom. The number of carbonyl (C=O) groups is 1. The lowest BCUT2D eigenvalue weighted by molar-refractivity contribution is -0.148. The minimum Gasteiger partial charge on any atom is -0.481 e. The van der Waals surface area contributed by atoms with Crippen LogP contribution in [-0.2, 0) is 21.2 Å². The van der Waals surface area contributed by atoms with Crippen molar-refractivity contribution in [1.29, 1.82) is 0 Å². The van der Waals surface area contributed by atoms with Crippen molar-refractivity contribution in [1.82, 2.24) is 4.72 Å². The fourth-order valence-corrected chi connectivity index (χ4v) is 4.22. The van der Waals surface area contributed by atoms with Gasteiger partial charge >= 0.3 is 5.97 Å². The smallest absolute Gasteiger partial charge is 0.310 e. The molecule has 0 bridgehead atoms. The second-order valence-electron chi connectivity index (χ2n) is 5.83. The van der Waals surface area contributed by atoms with Gasteiger partial charge in [-0.15, -0.1) is 0 Å². The molecule has 1 fully saturated rings. The Balaban J connectivity index is 2.24. The molecule has 0 aliphatic heterocycles. The molecule has 8 heteroatoms. The van der Waals surface area contributed by atoms with Gasteiger partial charge in [-0.2, -0.15) is 0 Å². The molecule has 2 rings (SSSR count). The molecular formula is C14H17BrFNO4S. The van der Waals surface area contributed by atoms with Crippen LogP contribution >= 0.6 is 15.9 Å². The van der Waals surface area contributed by atoms with Crippen molar-refractivity contribution in [2.45, 2.75) is 31.7 Å². The molecule has 1 saturated carbocycles. The summed E-state index contributed by atoms with van der Waals surface area (Å²) in [6, 6.07) is 3.98. The molecule has 0 spiro atoms. The lowest BCUT2D eigenvalue weighted by Gasteiger charge is -2.25. The highest BCUT2D eigenvalue weighted by Crippen LogP contribution is 2.42. The zero-order valence-electron chi connectivity index (χ0n) is 12.0. The highest BCUT2D eigenvalue weighted by molar-refractivity contribution is 9.10. The van der Waals surface area contributed by atoms with E-state index in [9.17, 15) is 22.7 Å². The molecule has 1 aliphatic rings. The SMILES string of the molecule is CS(=O)(=O)N[C@H]1CC[C@](Cc2cc(Br)ccc2F)(C(=O)O)C1. The summed E-state index contributed by atoms with van der Waals surface area (Å²) in [7, 11) is -3.40. The summed E-state index contributed by atoms with van der Waals surface area (Å²) in [5.41, 5.74) is -0.832. The zero-order valence-corrected chi connectivity index (χ0v) is 14.4. The topological polar surface area (TPSA) is 83.5 Å². The zero-order chi connectivity index (χ0) is 16.5. The first-order valence-corrected chi connectivity index (χ1v) is 9.44. The predicted molar refractivity (Wildman–Crippen MR) is 83.5 cm³/mol. The van der Waals surface area contributed by atoms with Crippen molar-refractivity contribution in [3.8, 4) is 0 Å². The maximum Gasteiger partial charge on any atom is 0.310 e. The predicted octanol–water partition coefficient (Wildman–Crippen LogP) is 2.30. The summed E-state index contributed by atoms with van der Waals surface area (Å²) < 4.78 is 39.6. The van der Waals surface area contributed by atoms with Crippen molar-refractivity contribution in [3.05, 3.63) is 34.1 Å². The van der Waals surface area contributed by atoms with Crippen LogP contribution in [-0.4, -0.2) is 31.8 Å². The van der Waals surface area contributed by atoms with Gasteiger partial charge in [0.15, 0.2) is 0 Å². The number of hydrogen-bond acceptors (Lipinski definition) is 3. The second-order valence-corrected chi connectivity index (χ2v) is 8.52. The van der Waals surface area contributed by atoms with Crippen LogP contribution in [0.4, 0.5) is 4.39 Å². The van der Waals surface area contributed by atoms with Gasteiger partial charge in [-0.1, -0.05) is 15.9 Å². The van der Waals surface area contributed by atoms with Crippen LogP contribution in [0.25, 0.3) is 0 Å². The first-order valence-electron chi connectivity index (χ1n) is 6.76. The average Bonchev–Trinajstić information content (AvgIpc) is 2.76. The molecule has 0 radical (unpaired) electrons. The van der Waals surface area contributed by atoms with Crippen LogP contribution in [0.1, 0.15) is 24.8 Å². The Hall–Kier alpha value is -0.990. The Morgan fingerprint density at radius 2 is 2.23 bits per heavy atom. The summed E-state index contributed by atoms with van der Waals surface area (Å²) in [6.45, 7) is 0. The van der Waals surface area contributed by atoms with Gasteiger partial charge < -0.3 is 5.11 Å². The summed E-state index contributed by atoms with van der Waals surface area (Å²) >= 11 is 3.25. The first-order chi connectivity index (χ1) is 10.1. The standard InChI is InChI=1S/C14H17BrFNO4S/c1-22(20,21)17-11-4-5-14(8-11,13(18)19)7-9-6-10(15)2-3-12(9)16/h2-3,6,11,17H,4-5,7-8H2,1H3,(H,18,19)/t11-,14+/m0/s1. The molecule has 1 aromatic carbocycles. The van der Waals surface area contributed by atoms with Crippen LogP contribution in [0.5, 0.6) is 0 Å². The number of benzene rings is 1. The summed E-state index contributed by atoms with van der Waals surface area (Å²) in [4.78, 5) is 11.7. The van der Waals surface area contributed by atoms with E-state index in [2.05, 4.69) is 20.7 Å². The van der Waals surface area contributed by atoms with Crippen molar-refractivity contribution < 1.29 is 22.7 Å². The maximum absolute atomic E-state index is 13.9.